The second kappa shape index (κ2) is 21.2. The first-order valence-electron chi connectivity index (χ1n) is 14.3. The van der Waals surface area contributed by atoms with E-state index in [0.717, 1.165) is 25.7 Å². The van der Waals surface area contributed by atoms with Crippen LogP contribution in [0.5, 0.6) is 0 Å². The van der Waals surface area contributed by atoms with E-state index in [0.29, 0.717) is 24.3 Å². The number of ether oxygens (including phenoxy) is 2. The number of carboxylic acids is 2. The van der Waals surface area contributed by atoms with Gasteiger partial charge in [-0.2, -0.15) is 0 Å². The Balaban J connectivity index is 0.000000552. The second-order valence-electron chi connectivity index (χ2n) is 9.51. The van der Waals surface area contributed by atoms with Gasteiger partial charge in [0.25, 0.3) is 0 Å². The van der Waals surface area contributed by atoms with E-state index in [1.807, 2.05) is 0 Å². The summed E-state index contributed by atoms with van der Waals surface area (Å²) in [7, 11) is 0. The highest BCUT2D eigenvalue weighted by molar-refractivity contribution is 6.03. The molecule has 2 aromatic rings. The fourth-order valence-electron chi connectivity index (χ4n) is 3.95. The van der Waals surface area contributed by atoms with Crippen molar-refractivity contribution in [1.82, 2.24) is 0 Å². The molecule has 2 aromatic carbocycles. The van der Waals surface area contributed by atoms with Crippen molar-refractivity contribution < 1.29 is 38.9 Å². The summed E-state index contributed by atoms with van der Waals surface area (Å²) in [6, 6.07) is 12.2. The standard InChI is InChI=1S/C24H38O4.C8H6O4/c1-3-5-7-9-11-15-19-27-23(25)21-17-13-14-18-22(21)24(26)28-20-16-12-10-8-6-4-2;9-7(10)5-3-1-2-4-6(5)8(11)12/h13-14,17-18H,3-12,15-16,19-20H2,1-2H3;1-4H,(H,9,10)(H,11,12). The van der Waals surface area contributed by atoms with Gasteiger partial charge in [0.05, 0.1) is 35.5 Å². The van der Waals surface area contributed by atoms with Gasteiger partial charge in [0.2, 0.25) is 0 Å². The second-order valence-corrected chi connectivity index (χ2v) is 9.51. The molecule has 0 saturated heterocycles. The van der Waals surface area contributed by atoms with Gasteiger partial charge in [0.15, 0.2) is 0 Å². The molecule has 0 spiro atoms. The molecule has 0 amide bonds. The predicted molar refractivity (Wildman–Crippen MR) is 154 cm³/mol. The van der Waals surface area contributed by atoms with Crippen LogP contribution in [0.15, 0.2) is 48.5 Å². The number of hydrogen-bond acceptors (Lipinski definition) is 6. The molecule has 2 rings (SSSR count). The minimum absolute atomic E-state index is 0.190. The molecule has 40 heavy (non-hydrogen) atoms. The van der Waals surface area contributed by atoms with E-state index < -0.39 is 23.9 Å². The normalized spacial score (nSPS) is 10.2. The van der Waals surface area contributed by atoms with E-state index >= 15 is 0 Å². The summed E-state index contributed by atoms with van der Waals surface area (Å²) in [5.41, 5.74) is 0.206. The number of aromatic carboxylic acids is 2. The van der Waals surface area contributed by atoms with E-state index in [9.17, 15) is 19.2 Å². The van der Waals surface area contributed by atoms with Crippen LogP contribution in [0.2, 0.25) is 0 Å². The van der Waals surface area contributed by atoms with Crippen molar-refractivity contribution in [2.45, 2.75) is 90.9 Å². The van der Waals surface area contributed by atoms with E-state index in [-0.39, 0.29) is 11.1 Å². The number of unbranched alkanes of at least 4 members (excludes halogenated alkanes) is 10. The Morgan fingerprint density at radius 2 is 0.800 bits per heavy atom. The van der Waals surface area contributed by atoms with Gasteiger partial charge in [-0.25, -0.2) is 19.2 Å². The van der Waals surface area contributed by atoms with Crippen molar-refractivity contribution in [1.29, 1.82) is 0 Å². The number of esters is 2. The SMILES string of the molecule is CCCCCCCCOC(=O)c1ccccc1C(=O)OCCCCCCCC.O=C(O)c1ccccc1C(=O)O. The van der Waals surface area contributed by atoms with Gasteiger partial charge in [0, 0.05) is 0 Å². The first-order valence-corrected chi connectivity index (χ1v) is 14.3. The molecule has 0 aliphatic carbocycles. The van der Waals surface area contributed by atoms with Gasteiger partial charge >= 0.3 is 23.9 Å². The van der Waals surface area contributed by atoms with Gasteiger partial charge in [-0.05, 0) is 37.1 Å². The molecule has 0 radical (unpaired) electrons. The number of benzene rings is 2. The Morgan fingerprint density at radius 3 is 1.12 bits per heavy atom. The van der Waals surface area contributed by atoms with Gasteiger partial charge in [0.1, 0.15) is 0 Å². The quantitative estimate of drug-likeness (QED) is 0.141. The van der Waals surface area contributed by atoms with E-state index in [4.69, 9.17) is 19.7 Å². The Bertz CT molecular complexity index is 965. The van der Waals surface area contributed by atoms with Crippen LogP contribution in [0.3, 0.4) is 0 Å². The number of rotatable bonds is 18. The molecule has 0 saturated carbocycles. The monoisotopic (exact) mass is 556 g/mol. The summed E-state index contributed by atoms with van der Waals surface area (Å²) >= 11 is 0. The van der Waals surface area contributed by atoms with Crippen LogP contribution < -0.4 is 0 Å². The molecule has 8 nitrogen and oxygen atoms in total. The highest BCUT2D eigenvalue weighted by Crippen LogP contribution is 2.14. The molecule has 0 heterocycles. The third kappa shape index (κ3) is 13.9. The molecule has 0 aromatic heterocycles. The minimum Gasteiger partial charge on any atom is -0.478 e. The lowest BCUT2D eigenvalue weighted by Gasteiger charge is -2.10. The first kappa shape index (κ1) is 34.3. The third-order valence-electron chi connectivity index (χ3n) is 6.22. The number of carbonyl (C=O) groups excluding carboxylic acids is 2. The van der Waals surface area contributed by atoms with Crippen molar-refractivity contribution in [3.8, 4) is 0 Å². The topological polar surface area (TPSA) is 127 Å². The van der Waals surface area contributed by atoms with Crippen LogP contribution in [0, 0.1) is 0 Å². The number of carboxylic acid groups (broad SMARTS) is 2. The molecule has 0 aliphatic rings. The molecule has 8 heteroatoms. The molecular formula is C32H44O8. The first-order chi connectivity index (χ1) is 19.3. The van der Waals surface area contributed by atoms with E-state index in [1.165, 1.54) is 75.6 Å². The van der Waals surface area contributed by atoms with E-state index in [1.54, 1.807) is 24.3 Å². The highest BCUT2D eigenvalue weighted by atomic mass is 16.5. The summed E-state index contributed by atoms with van der Waals surface area (Å²) < 4.78 is 10.7. The summed E-state index contributed by atoms with van der Waals surface area (Å²) in [4.78, 5) is 45.6. The Labute approximate surface area is 237 Å². The summed E-state index contributed by atoms with van der Waals surface area (Å²) in [6.07, 6.45) is 13.6. The van der Waals surface area contributed by atoms with Crippen LogP contribution in [0.4, 0.5) is 0 Å². The fraction of sp³-hybridized carbons (Fsp3) is 0.500. The third-order valence-corrected chi connectivity index (χ3v) is 6.22. The summed E-state index contributed by atoms with van der Waals surface area (Å²) in [5, 5.41) is 17.1. The van der Waals surface area contributed by atoms with Crippen LogP contribution in [-0.2, 0) is 9.47 Å². The Morgan fingerprint density at radius 1 is 0.500 bits per heavy atom. The van der Waals surface area contributed by atoms with Crippen LogP contribution in [0.1, 0.15) is 132 Å². The molecular weight excluding hydrogens is 512 g/mol. The number of hydrogen-bond donors (Lipinski definition) is 2. The zero-order valence-electron chi connectivity index (χ0n) is 23.9. The van der Waals surface area contributed by atoms with Crippen molar-refractivity contribution >= 4 is 23.9 Å². The lowest BCUT2D eigenvalue weighted by atomic mass is 10.1. The lowest BCUT2D eigenvalue weighted by molar-refractivity contribution is 0.0450. The number of carbonyl (C=O) groups is 4. The zero-order chi connectivity index (χ0) is 29.6. The fourth-order valence-corrected chi connectivity index (χ4v) is 3.95. The van der Waals surface area contributed by atoms with E-state index in [2.05, 4.69) is 13.8 Å². The molecule has 0 aliphatic heterocycles. The largest absolute Gasteiger partial charge is 0.478 e. The Hall–Kier alpha value is -3.68. The molecule has 0 fully saturated rings. The summed E-state index contributed by atoms with van der Waals surface area (Å²) in [6.45, 7) is 5.17. The zero-order valence-corrected chi connectivity index (χ0v) is 23.9. The van der Waals surface area contributed by atoms with Crippen LogP contribution >= 0.6 is 0 Å². The molecule has 0 unspecified atom stereocenters. The average molecular weight is 557 g/mol. The molecule has 220 valence electrons. The van der Waals surface area contributed by atoms with Crippen molar-refractivity contribution in [3.05, 3.63) is 70.8 Å². The maximum absolute atomic E-state index is 12.4. The minimum atomic E-state index is -1.23. The van der Waals surface area contributed by atoms with Gasteiger partial charge in [-0.3, -0.25) is 0 Å². The highest BCUT2D eigenvalue weighted by Gasteiger charge is 2.19. The van der Waals surface area contributed by atoms with Gasteiger partial charge in [-0.15, -0.1) is 0 Å². The van der Waals surface area contributed by atoms with Crippen molar-refractivity contribution in [2.24, 2.45) is 0 Å². The molecule has 2 N–H and O–H groups in total. The average Bonchev–Trinajstić information content (AvgIpc) is 2.96. The Kier molecular flexibility index (Phi) is 18.2. The predicted octanol–water partition coefficient (Wildman–Crippen LogP) is 7.80. The molecule has 0 atom stereocenters. The van der Waals surface area contributed by atoms with Crippen LogP contribution in [-0.4, -0.2) is 47.3 Å². The lowest BCUT2D eigenvalue weighted by Crippen LogP contribution is -2.15. The maximum Gasteiger partial charge on any atom is 0.339 e. The maximum atomic E-state index is 12.4. The summed E-state index contributed by atoms with van der Waals surface area (Å²) in [5.74, 6) is -3.35. The smallest absolute Gasteiger partial charge is 0.339 e. The van der Waals surface area contributed by atoms with Crippen molar-refractivity contribution in [3.63, 3.8) is 0 Å². The van der Waals surface area contributed by atoms with Gasteiger partial charge in [-0.1, -0.05) is 102 Å². The van der Waals surface area contributed by atoms with Crippen LogP contribution in [0.25, 0.3) is 0 Å². The van der Waals surface area contributed by atoms with Crippen molar-refractivity contribution in [2.75, 3.05) is 13.2 Å². The van der Waals surface area contributed by atoms with Gasteiger partial charge < -0.3 is 19.7 Å². The molecule has 0 bridgehead atoms.